The van der Waals surface area contributed by atoms with Gasteiger partial charge in [0.15, 0.2) is 0 Å². The highest BCUT2D eigenvalue weighted by Crippen LogP contribution is 2.32. The van der Waals surface area contributed by atoms with Gasteiger partial charge in [-0.3, -0.25) is 9.48 Å². The molecule has 5 heteroatoms. The van der Waals surface area contributed by atoms with Gasteiger partial charge in [-0.15, -0.1) is 0 Å². The second kappa shape index (κ2) is 7.38. The second-order valence-corrected chi connectivity index (χ2v) is 7.96. The number of amides is 1. The molecule has 1 aliphatic rings. The van der Waals surface area contributed by atoms with Crippen molar-refractivity contribution in [1.82, 2.24) is 19.7 Å². The van der Waals surface area contributed by atoms with Crippen LogP contribution in [0.2, 0.25) is 0 Å². The first kappa shape index (κ1) is 18.7. The number of likely N-dealkylation sites (tertiary alicyclic amines) is 1. The van der Waals surface area contributed by atoms with Gasteiger partial charge in [-0.05, 0) is 57.7 Å². The Morgan fingerprint density at radius 3 is 2.82 bits per heavy atom. The van der Waals surface area contributed by atoms with Crippen LogP contribution < -0.4 is 0 Å². The molecule has 1 aromatic carbocycles. The third-order valence-corrected chi connectivity index (χ3v) is 5.77. The van der Waals surface area contributed by atoms with Gasteiger partial charge in [0, 0.05) is 36.3 Å². The summed E-state index contributed by atoms with van der Waals surface area (Å²) >= 11 is 0. The molecule has 1 aliphatic heterocycles. The highest BCUT2D eigenvalue weighted by atomic mass is 16.2. The molecule has 0 spiro atoms. The second-order valence-electron chi connectivity index (χ2n) is 7.96. The first-order valence-corrected chi connectivity index (χ1v) is 10.2. The number of pyridine rings is 1. The fraction of sp³-hybridized carbons (Fsp3) is 0.435. The highest BCUT2D eigenvalue weighted by molar-refractivity contribution is 6.09. The molecular weight excluding hydrogens is 348 g/mol. The van der Waals surface area contributed by atoms with Gasteiger partial charge in [-0.2, -0.15) is 5.10 Å². The van der Waals surface area contributed by atoms with Crippen LogP contribution in [0.25, 0.3) is 22.2 Å². The van der Waals surface area contributed by atoms with Crippen molar-refractivity contribution >= 4 is 16.8 Å². The minimum Gasteiger partial charge on any atom is -0.336 e. The number of carbonyl (C=O) groups excluding carboxylic acids is 1. The fourth-order valence-corrected chi connectivity index (χ4v) is 4.24. The monoisotopic (exact) mass is 376 g/mol. The molecule has 0 aliphatic carbocycles. The zero-order chi connectivity index (χ0) is 19.8. The number of carbonyl (C=O) groups is 1. The summed E-state index contributed by atoms with van der Waals surface area (Å²) in [6.07, 6.45) is 7.07. The predicted octanol–water partition coefficient (Wildman–Crippen LogP) is 4.75. The van der Waals surface area contributed by atoms with Crippen LogP contribution in [-0.2, 0) is 6.54 Å². The molecule has 0 bridgehead atoms. The molecule has 1 fully saturated rings. The standard InChI is InChI=1S/C23H28N4O/c1-5-10-26-14-18(13-24-26)22-17(4)21(23(28)27-11-6-7-16(27)3)19-12-15(2)8-9-20(19)25-22/h8-9,12-14,16H,5-7,10-11H2,1-4H3. The van der Waals surface area contributed by atoms with Crippen LogP contribution in [0.4, 0.5) is 0 Å². The van der Waals surface area contributed by atoms with Crippen molar-refractivity contribution in [2.75, 3.05) is 6.54 Å². The first-order valence-electron chi connectivity index (χ1n) is 10.2. The van der Waals surface area contributed by atoms with Crippen molar-refractivity contribution in [3.05, 3.63) is 47.3 Å². The topological polar surface area (TPSA) is 51.0 Å². The first-order chi connectivity index (χ1) is 13.5. The fourth-order valence-electron chi connectivity index (χ4n) is 4.24. The van der Waals surface area contributed by atoms with E-state index in [-0.39, 0.29) is 11.9 Å². The Kier molecular flexibility index (Phi) is 4.92. The Morgan fingerprint density at radius 2 is 2.11 bits per heavy atom. The summed E-state index contributed by atoms with van der Waals surface area (Å²) in [6.45, 7) is 10.1. The molecule has 1 atom stereocenters. The summed E-state index contributed by atoms with van der Waals surface area (Å²) in [5.41, 5.74) is 5.56. The van der Waals surface area contributed by atoms with E-state index in [1.54, 1.807) is 0 Å². The molecule has 2 aromatic heterocycles. The Balaban J connectivity index is 1.91. The third-order valence-electron chi connectivity index (χ3n) is 5.77. The van der Waals surface area contributed by atoms with E-state index in [0.717, 1.165) is 71.2 Å². The molecule has 0 saturated carbocycles. The Bertz CT molecular complexity index is 1040. The van der Waals surface area contributed by atoms with Gasteiger partial charge in [0.25, 0.3) is 5.91 Å². The number of benzene rings is 1. The highest BCUT2D eigenvalue weighted by Gasteiger charge is 2.29. The van der Waals surface area contributed by atoms with Gasteiger partial charge < -0.3 is 4.90 Å². The summed E-state index contributed by atoms with van der Waals surface area (Å²) < 4.78 is 1.94. The van der Waals surface area contributed by atoms with E-state index in [0.29, 0.717) is 0 Å². The number of aromatic nitrogens is 3. The summed E-state index contributed by atoms with van der Waals surface area (Å²) in [4.78, 5) is 20.5. The van der Waals surface area contributed by atoms with Crippen LogP contribution in [0, 0.1) is 13.8 Å². The number of nitrogens with zero attached hydrogens (tertiary/aromatic N) is 4. The van der Waals surface area contributed by atoms with E-state index in [4.69, 9.17) is 4.98 Å². The molecule has 1 amide bonds. The van der Waals surface area contributed by atoms with E-state index in [2.05, 4.69) is 38.0 Å². The Hall–Kier alpha value is -2.69. The van der Waals surface area contributed by atoms with Crippen LogP contribution in [0.5, 0.6) is 0 Å². The van der Waals surface area contributed by atoms with Gasteiger partial charge in [-0.1, -0.05) is 18.6 Å². The van der Waals surface area contributed by atoms with E-state index in [9.17, 15) is 4.79 Å². The molecule has 3 heterocycles. The Morgan fingerprint density at radius 1 is 1.29 bits per heavy atom. The molecule has 1 unspecified atom stereocenters. The van der Waals surface area contributed by atoms with Crippen LogP contribution in [-0.4, -0.2) is 38.2 Å². The van der Waals surface area contributed by atoms with Crippen LogP contribution in [0.1, 0.15) is 54.6 Å². The maximum absolute atomic E-state index is 13.6. The number of rotatable bonds is 4. The number of fused-ring (bicyclic) bond motifs is 1. The van der Waals surface area contributed by atoms with Crippen LogP contribution >= 0.6 is 0 Å². The van der Waals surface area contributed by atoms with Gasteiger partial charge in [0.2, 0.25) is 0 Å². The average Bonchev–Trinajstić information content (AvgIpc) is 3.30. The number of hydrogen-bond acceptors (Lipinski definition) is 3. The van der Waals surface area contributed by atoms with Gasteiger partial charge in [0.1, 0.15) is 0 Å². The van der Waals surface area contributed by atoms with Crippen molar-refractivity contribution in [2.45, 2.75) is 59.5 Å². The minimum absolute atomic E-state index is 0.128. The van der Waals surface area contributed by atoms with Crippen molar-refractivity contribution in [3.63, 3.8) is 0 Å². The maximum atomic E-state index is 13.6. The quantitative estimate of drug-likeness (QED) is 0.660. The molecule has 3 aromatic rings. The normalized spacial score (nSPS) is 16.9. The maximum Gasteiger partial charge on any atom is 0.255 e. The molecule has 146 valence electrons. The lowest BCUT2D eigenvalue weighted by atomic mass is 9.96. The van der Waals surface area contributed by atoms with E-state index < -0.39 is 0 Å². The average molecular weight is 377 g/mol. The van der Waals surface area contributed by atoms with Crippen molar-refractivity contribution in [3.8, 4) is 11.3 Å². The summed E-state index contributed by atoms with van der Waals surface area (Å²) in [5.74, 6) is 0.128. The smallest absolute Gasteiger partial charge is 0.255 e. The lowest BCUT2D eigenvalue weighted by Crippen LogP contribution is -2.34. The summed E-state index contributed by atoms with van der Waals surface area (Å²) in [6, 6.07) is 6.46. The SMILES string of the molecule is CCCn1cc(-c2nc3ccc(C)cc3c(C(=O)N3CCCC3C)c2C)cn1. The molecule has 0 N–H and O–H groups in total. The third kappa shape index (κ3) is 3.19. The van der Waals surface area contributed by atoms with Gasteiger partial charge in [-0.25, -0.2) is 4.98 Å². The molecular formula is C23H28N4O. The summed E-state index contributed by atoms with van der Waals surface area (Å²) in [5, 5.41) is 5.41. The van der Waals surface area contributed by atoms with Crippen molar-refractivity contribution in [2.24, 2.45) is 0 Å². The van der Waals surface area contributed by atoms with E-state index in [1.807, 2.05) is 35.0 Å². The van der Waals surface area contributed by atoms with Crippen LogP contribution in [0.15, 0.2) is 30.6 Å². The van der Waals surface area contributed by atoms with Crippen molar-refractivity contribution < 1.29 is 4.79 Å². The van der Waals surface area contributed by atoms with Crippen molar-refractivity contribution in [1.29, 1.82) is 0 Å². The van der Waals surface area contributed by atoms with Gasteiger partial charge in [0.05, 0.1) is 23.0 Å². The molecule has 28 heavy (non-hydrogen) atoms. The molecule has 1 saturated heterocycles. The van der Waals surface area contributed by atoms with Crippen LogP contribution in [0.3, 0.4) is 0 Å². The molecule has 5 nitrogen and oxygen atoms in total. The predicted molar refractivity (Wildman–Crippen MR) is 112 cm³/mol. The lowest BCUT2D eigenvalue weighted by Gasteiger charge is -2.24. The summed E-state index contributed by atoms with van der Waals surface area (Å²) in [7, 11) is 0. The lowest BCUT2D eigenvalue weighted by molar-refractivity contribution is 0.0748. The number of hydrogen-bond donors (Lipinski definition) is 0. The Labute approximate surface area is 166 Å². The zero-order valence-corrected chi connectivity index (χ0v) is 17.2. The van der Waals surface area contributed by atoms with Gasteiger partial charge >= 0.3 is 0 Å². The molecule has 4 rings (SSSR count). The largest absolute Gasteiger partial charge is 0.336 e. The minimum atomic E-state index is 0.128. The van der Waals surface area contributed by atoms with E-state index >= 15 is 0 Å². The van der Waals surface area contributed by atoms with E-state index in [1.165, 1.54) is 0 Å². The molecule has 0 radical (unpaired) electrons. The number of aryl methyl sites for hydroxylation is 2. The zero-order valence-electron chi connectivity index (χ0n) is 17.2.